The predicted octanol–water partition coefficient (Wildman–Crippen LogP) is 4.60. The number of benzene rings is 1. The molecule has 5 nitrogen and oxygen atoms in total. The summed E-state index contributed by atoms with van der Waals surface area (Å²) in [7, 11) is 0. The summed E-state index contributed by atoms with van der Waals surface area (Å²) in [6, 6.07) is 12.6. The van der Waals surface area contributed by atoms with Crippen LogP contribution < -0.4 is 5.56 Å². The van der Waals surface area contributed by atoms with Gasteiger partial charge in [0.2, 0.25) is 0 Å². The molecule has 1 aliphatic carbocycles. The molecule has 1 saturated carbocycles. The van der Waals surface area contributed by atoms with Crippen LogP contribution in [0.5, 0.6) is 0 Å². The van der Waals surface area contributed by atoms with Crippen LogP contribution >= 0.6 is 11.6 Å². The van der Waals surface area contributed by atoms with E-state index in [0.29, 0.717) is 16.4 Å². The lowest BCUT2D eigenvalue weighted by Gasteiger charge is -2.35. The quantitative estimate of drug-likeness (QED) is 0.589. The number of hydrogen-bond donors (Lipinski definition) is 0. The van der Waals surface area contributed by atoms with Crippen molar-refractivity contribution in [1.82, 2.24) is 9.38 Å². The molecule has 0 unspecified atom stereocenters. The number of pyridine rings is 1. The minimum atomic E-state index is -0.689. The molecule has 29 heavy (non-hydrogen) atoms. The highest BCUT2D eigenvalue weighted by molar-refractivity contribution is 6.30. The number of hydrogen-bond acceptors (Lipinski definition) is 4. The van der Waals surface area contributed by atoms with Crippen LogP contribution in [0, 0.1) is 6.92 Å². The third-order valence-electron chi connectivity index (χ3n) is 5.70. The van der Waals surface area contributed by atoms with E-state index in [-0.39, 0.29) is 18.1 Å². The van der Waals surface area contributed by atoms with Crippen LogP contribution in [0.25, 0.3) is 5.65 Å². The summed E-state index contributed by atoms with van der Waals surface area (Å²) in [5.41, 5.74) is 2.02. The summed E-state index contributed by atoms with van der Waals surface area (Å²) in [5.74, 6) is -0.272. The molecule has 0 atom stereocenters. The average molecular weight is 411 g/mol. The fraction of sp³-hybridized carbons (Fsp3) is 0.348. The largest absolute Gasteiger partial charge is 0.458 e. The van der Waals surface area contributed by atoms with Crippen molar-refractivity contribution in [1.29, 1.82) is 0 Å². The average Bonchev–Trinajstić information content (AvgIpc) is 2.72. The molecule has 1 aromatic carbocycles. The Morgan fingerprint density at radius 2 is 1.97 bits per heavy atom. The van der Waals surface area contributed by atoms with E-state index in [9.17, 15) is 9.59 Å². The van der Waals surface area contributed by atoms with Crippen LogP contribution in [-0.2, 0) is 21.6 Å². The van der Waals surface area contributed by atoms with Crippen molar-refractivity contribution in [3.63, 3.8) is 0 Å². The Labute approximate surface area is 174 Å². The molecule has 1 aliphatic rings. The topological polar surface area (TPSA) is 60.7 Å². The van der Waals surface area contributed by atoms with Gasteiger partial charge in [0.25, 0.3) is 5.56 Å². The molecule has 1 fully saturated rings. The van der Waals surface area contributed by atoms with Crippen molar-refractivity contribution in [3.05, 3.63) is 80.9 Å². The fourth-order valence-corrected chi connectivity index (χ4v) is 4.35. The molecule has 3 aromatic rings. The van der Waals surface area contributed by atoms with E-state index in [1.165, 1.54) is 10.5 Å². The molecule has 0 radical (unpaired) electrons. The van der Waals surface area contributed by atoms with Gasteiger partial charge in [0.05, 0.1) is 11.1 Å². The van der Waals surface area contributed by atoms with Crippen molar-refractivity contribution < 1.29 is 9.53 Å². The Kier molecular flexibility index (Phi) is 5.41. The van der Waals surface area contributed by atoms with Crippen molar-refractivity contribution in [2.75, 3.05) is 0 Å². The Morgan fingerprint density at radius 1 is 1.17 bits per heavy atom. The standard InChI is InChI=1S/C23H23ClN2O3/c1-16-8-11-26-20(12-16)25-19(14-21(26)27)15-29-22(28)23(9-3-2-4-10-23)17-6-5-7-18(24)13-17/h5-8,11-14H,2-4,9-10,15H2,1H3. The zero-order chi connectivity index (χ0) is 20.4. The van der Waals surface area contributed by atoms with Crippen LogP contribution in [0.4, 0.5) is 0 Å². The molecular formula is C23H23ClN2O3. The van der Waals surface area contributed by atoms with Gasteiger partial charge in [0.1, 0.15) is 12.3 Å². The summed E-state index contributed by atoms with van der Waals surface area (Å²) >= 11 is 6.19. The van der Waals surface area contributed by atoms with Crippen molar-refractivity contribution in [3.8, 4) is 0 Å². The maximum absolute atomic E-state index is 13.2. The van der Waals surface area contributed by atoms with Crippen LogP contribution in [0.2, 0.25) is 5.02 Å². The summed E-state index contributed by atoms with van der Waals surface area (Å²) in [4.78, 5) is 30.1. The molecule has 0 saturated heterocycles. The number of carbonyl (C=O) groups excluding carboxylic acids is 1. The van der Waals surface area contributed by atoms with Gasteiger partial charge in [-0.05, 0) is 55.2 Å². The SMILES string of the molecule is Cc1ccn2c(=O)cc(COC(=O)C3(c4cccc(Cl)c4)CCCCC3)nc2c1. The number of aromatic nitrogens is 2. The van der Waals surface area contributed by atoms with Gasteiger partial charge in [-0.25, -0.2) is 4.98 Å². The van der Waals surface area contributed by atoms with E-state index in [1.807, 2.05) is 37.3 Å². The second-order valence-corrected chi connectivity index (χ2v) is 8.18. The van der Waals surface area contributed by atoms with Crippen LogP contribution in [0.15, 0.2) is 53.5 Å². The number of esters is 1. The van der Waals surface area contributed by atoms with Gasteiger partial charge in [0.15, 0.2) is 0 Å². The van der Waals surface area contributed by atoms with Crippen LogP contribution in [-0.4, -0.2) is 15.4 Å². The highest BCUT2D eigenvalue weighted by Gasteiger charge is 2.42. The van der Waals surface area contributed by atoms with Gasteiger partial charge in [-0.15, -0.1) is 0 Å². The minimum absolute atomic E-state index is 0.0270. The van der Waals surface area contributed by atoms with E-state index in [0.717, 1.165) is 43.2 Å². The molecule has 150 valence electrons. The molecule has 0 aliphatic heterocycles. The molecule has 2 aromatic heterocycles. The first-order valence-electron chi connectivity index (χ1n) is 9.90. The second kappa shape index (κ2) is 7.99. The molecule has 0 bridgehead atoms. The van der Waals surface area contributed by atoms with Gasteiger partial charge in [0, 0.05) is 17.3 Å². The van der Waals surface area contributed by atoms with Crippen molar-refractivity contribution in [2.45, 2.75) is 51.0 Å². The summed E-state index contributed by atoms with van der Waals surface area (Å²) < 4.78 is 7.19. The Morgan fingerprint density at radius 3 is 2.72 bits per heavy atom. The van der Waals surface area contributed by atoms with E-state index in [1.54, 1.807) is 12.3 Å². The van der Waals surface area contributed by atoms with E-state index in [4.69, 9.17) is 16.3 Å². The van der Waals surface area contributed by atoms with Crippen LogP contribution in [0.3, 0.4) is 0 Å². The van der Waals surface area contributed by atoms with Crippen molar-refractivity contribution >= 4 is 23.2 Å². The maximum Gasteiger partial charge on any atom is 0.316 e. The Hall–Kier alpha value is -2.66. The monoisotopic (exact) mass is 410 g/mol. The first kappa shape index (κ1) is 19.6. The van der Waals surface area contributed by atoms with E-state index >= 15 is 0 Å². The number of fused-ring (bicyclic) bond motifs is 1. The Balaban J connectivity index is 1.60. The van der Waals surface area contributed by atoms with Gasteiger partial charge in [-0.3, -0.25) is 14.0 Å². The molecule has 4 rings (SSSR count). The summed E-state index contributed by atoms with van der Waals surface area (Å²) in [6.45, 7) is 1.91. The predicted molar refractivity (Wildman–Crippen MR) is 112 cm³/mol. The Bertz CT molecular complexity index is 1120. The summed E-state index contributed by atoms with van der Waals surface area (Å²) in [5, 5.41) is 0.611. The number of carbonyl (C=O) groups is 1. The zero-order valence-electron chi connectivity index (χ0n) is 16.4. The lowest BCUT2D eigenvalue weighted by molar-refractivity contribution is -0.153. The zero-order valence-corrected chi connectivity index (χ0v) is 17.1. The first-order valence-corrected chi connectivity index (χ1v) is 10.3. The van der Waals surface area contributed by atoms with Crippen molar-refractivity contribution in [2.24, 2.45) is 0 Å². The molecule has 0 amide bonds. The highest BCUT2D eigenvalue weighted by Crippen LogP contribution is 2.41. The normalized spacial score (nSPS) is 15.9. The van der Waals surface area contributed by atoms with Crippen LogP contribution in [0.1, 0.15) is 48.9 Å². The smallest absolute Gasteiger partial charge is 0.316 e. The number of ether oxygens (including phenoxy) is 1. The third kappa shape index (κ3) is 3.92. The second-order valence-electron chi connectivity index (χ2n) is 7.75. The number of halogens is 1. The molecule has 0 N–H and O–H groups in total. The number of nitrogens with zero attached hydrogens (tertiary/aromatic N) is 2. The van der Waals surface area contributed by atoms with Gasteiger partial charge >= 0.3 is 5.97 Å². The summed E-state index contributed by atoms with van der Waals surface area (Å²) in [6.07, 6.45) is 6.22. The molecule has 6 heteroatoms. The van der Waals surface area contributed by atoms with E-state index < -0.39 is 5.41 Å². The van der Waals surface area contributed by atoms with Gasteiger partial charge < -0.3 is 4.74 Å². The fourth-order valence-electron chi connectivity index (χ4n) is 4.16. The van der Waals surface area contributed by atoms with Gasteiger partial charge in [-0.1, -0.05) is 43.0 Å². The van der Waals surface area contributed by atoms with E-state index in [2.05, 4.69) is 4.98 Å². The molecule has 0 spiro atoms. The lowest BCUT2D eigenvalue weighted by atomic mass is 9.69. The molecular weight excluding hydrogens is 388 g/mol. The molecule has 2 heterocycles. The van der Waals surface area contributed by atoms with Gasteiger partial charge in [-0.2, -0.15) is 0 Å². The number of aryl methyl sites for hydroxylation is 1. The first-order chi connectivity index (χ1) is 14.0. The minimum Gasteiger partial charge on any atom is -0.458 e. The highest BCUT2D eigenvalue weighted by atomic mass is 35.5. The third-order valence-corrected chi connectivity index (χ3v) is 5.94. The lowest BCUT2D eigenvalue weighted by Crippen LogP contribution is -2.39. The number of rotatable bonds is 4. The maximum atomic E-state index is 13.2.